The van der Waals surface area contributed by atoms with Gasteiger partial charge in [-0.25, -0.2) is 14.5 Å². The molecule has 288 valence electrons. The van der Waals surface area contributed by atoms with E-state index < -0.39 is 12.2 Å². The van der Waals surface area contributed by atoms with Crippen LogP contribution in [0.2, 0.25) is 0 Å². The number of aromatic nitrogens is 4. The van der Waals surface area contributed by atoms with E-state index in [1.807, 2.05) is 72.8 Å². The monoisotopic (exact) mass is 755 g/mol. The van der Waals surface area contributed by atoms with Gasteiger partial charge in [0.15, 0.2) is 0 Å². The highest BCUT2D eigenvalue weighted by molar-refractivity contribution is 6.07. The molecule has 14 nitrogen and oxygen atoms in total. The molecule has 56 heavy (non-hydrogen) atoms. The number of carbonyl (C=O) groups excluding carboxylic acids is 2. The molecule has 0 saturated carbocycles. The van der Waals surface area contributed by atoms with Crippen LogP contribution in [0.1, 0.15) is 36.8 Å². The van der Waals surface area contributed by atoms with Crippen molar-refractivity contribution in [3.8, 4) is 23.1 Å². The first-order valence-electron chi connectivity index (χ1n) is 18.4. The number of nitrogens with zero attached hydrogens (tertiary/aromatic N) is 5. The topological polar surface area (TPSA) is 157 Å². The van der Waals surface area contributed by atoms with Crippen molar-refractivity contribution in [1.82, 2.24) is 30.0 Å². The number of carbonyl (C=O) groups is 2. The molecule has 3 heterocycles. The molecule has 0 spiro atoms. The highest BCUT2D eigenvalue weighted by Crippen LogP contribution is 2.34. The first kappa shape index (κ1) is 37.8. The molecule has 1 fully saturated rings. The number of fused-ring (bicyclic) bond motifs is 1. The van der Waals surface area contributed by atoms with Gasteiger partial charge in [0.25, 0.3) is 5.91 Å². The summed E-state index contributed by atoms with van der Waals surface area (Å²) in [6.07, 6.45) is 1.10. The van der Waals surface area contributed by atoms with E-state index in [2.05, 4.69) is 56.9 Å². The molecule has 6 aromatic rings. The average molecular weight is 756 g/mol. The Labute approximate surface area is 325 Å². The third-order valence-electron chi connectivity index (χ3n) is 9.20. The number of hydrogen-bond donors (Lipinski definition) is 4. The summed E-state index contributed by atoms with van der Waals surface area (Å²) in [7, 11) is 1.62. The van der Waals surface area contributed by atoms with E-state index in [0.717, 1.165) is 41.0 Å². The van der Waals surface area contributed by atoms with Crippen molar-refractivity contribution in [1.29, 1.82) is 0 Å². The summed E-state index contributed by atoms with van der Waals surface area (Å²) in [4.78, 5) is 38.0. The molecule has 1 atom stereocenters. The van der Waals surface area contributed by atoms with Crippen LogP contribution in [0.5, 0.6) is 17.4 Å². The van der Waals surface area contributed by atoms with Crippen molar-refractivity contribution >= 4 is 40.2 Å². The van der Waals surface area contributed by atoms with Crippen LogP contribution in [-0.4, -0.2) is 82.7 Å². The number of anilines is 3. The molecule has 1 aliphatic heterocycles. The lowest BCUT2D eigenvalue weighted by Crippen LogP contribution is -2.51. The summed E-state index contributed by atoms with van der Waals surface area (Å²) in [6, 6.07) is 30.8. The Morgan fingerprint density at radius 3 is 2.34 bits per heavy atom. The molecule has 4 N–H and O–H groups in total. The molecule has 0 radical (unpaired) electrons. The molecule has 2 aromatic heterocycles. The zero-order valence-electron chi connectivity index (χ0n) is 31.8. The van der Waals surface area contributed by atoms with Gasteiger partial charge in [-0.3, -0.25) is 15.0 Å². The van der Waals surface area contributed by atoms with Gasteiger partial charge in [0.1, 0.15) is 23.5 Å². The number of hydrogen-bond acceptors (Lipinski definition) is 10. The van der Waals surface area contributed by atoms with Crippen LogP contribution in [0, 0.1) is 0 Å². The Morgan fingerprint density at radius 2 is 1.61 bits per heavy atom. The van der Waals surface area contributed by atoms with Gasteiger partial charge < -0.3 is 30.2 Å². The molecule has 0 aliphatic carbocycles. The number of benzene rings is 4. The minimum absolute atomic E-state index is 0.213. The number of morpholine rings is 1. The fraction of sp³-hybridized carbons (Fsp3) is 0.262. The van der Waals surface area contributed by atoms with Crippen LogP contribution in [0.3, 0.4) is 0 Å². The quantitative estimate of drug-likeness (QED) is 0.0954. The van der Waals surface area contributed by atoms with E-state index in [9.17, 15) is 9.59 Å². The van der Waals surface area contributed by atoms with Crippen molar-refractivity contribution in [2.75, 3.05) is 55.9 Å². The van der Waals surface area contributed by atoms with E-state index in [1.54, 1.807) is 48.3 Å². The molecule has 1 unspecified atom stereocenters. The van der Waals surface area contributed by atoms with Gasteiger partial charge in [0, 0.05) is 59.7 Å². The zero-order valence-corrected chi connectivity index (χ0v) is 31.8. The maximum Gasteiger partial charge on any atom is 0.324 e. The Kier molecular flexibility index (Phi) is 11.4. The van der Waals surface area contributed by atoms with E-state index in [4.69, 9.17) is 19.3 Å². The summed E-state index contributed by atoms with van der Waals surface area (Å²) in [5, 5.41) is 18.7. The fourth-order valence-corrected chi connectivity index (χ4v) is 6.23. The molecule has 3 amide bonds. The second kappa shape index (κ2) is 16.9. The predicted octanol–water partition coefficient (Wildman–Crippen LogP) is 7.06. The van der Waals surface area contributed by atoms with Crippen LogP contribution in [0.4, 0.5) is 22.2 Å². The lowest BCUT2D eigenvalue weighted by atomic mass is 9.92. The van der Waals surface area contributed by atoms with E-state index in [0.29, 0.717) is 48.5 Å². The van der Waals surface area contributed by atoms with Crippen LogP contribution >= 0.6 is 0 Å². The molecular weight excluding hydrogens is 711 g/mol. The fourth-order valence-electron chi connectivity index (χ4n) is 6.23. The van der Waals surface area contributed by atoms with Crippen LogP contribution in [0.15, 0.2) is 109 Å². The SMILES string of the molecule is COc1ccc(-n2nc(C(C)(C)C)cc2NC(=O)Nc2ccc(Oc3ccnc(NC(CN4CCOCC4)NC(=O)c4ccccc4)n3)c3ccccc23)cc1. The van der Waals surface area contributed by atoms with Gasteiger partial charge in [-0.05, 0) is 48.5 Å². The summed E-state index contributed by atoms with van der Waals surface area (Å²) < 4.78 is 18.9. The third-order valence-corrected chi connectivity index (χ3v) is 9.20. The predicted molar refractivity (Wildman–Crippen MR) is 216 cm³/mol. The minimum Gasteiger partial charge on any atom is -0.497 e. The Bertz CT molecular complexity index is 2280. The van der Waals surface area contributed by atoms with Crippen LogP contribution in [-0.2, 0) is 10.2 Å². The smallest absolute Gasteiger partial charge is 0.324 e. The van der Waals surface area contributed by atoms with Crippen molar-refractivity contribution in [2.24, 2.45) is 0 Å². The van der Waals surface area contributed by atoms with Gasteiger partial charge in [0.05, 0.1) is 37.4 Å². The maximum atomic E-state index is 13.6. The first-order valence-corrected chi connectivity index (χ1v) is 18.4. The zero-order chi connectivity index (χ0) is 39.1. The highest BCUT2D eigenvalue weighted by Gasteiger charge is 2.23. The molecule has 1 aliphatic rings. The van der Waals surface area contributed by atoms with Crippen LogP contribution in [0.25, 0.3) is 16.5 Å². The molecule has 7 rings (SSSR count). The average Bonchev–Trinajstić information content (AvgIpc) is 3.64. The summed E-state index contributed by atoms with van der Waals surface area (Å²) in [6.45, 7) is 9.48. The second-order valence-corrected chi connectivity index (χ2v) is 14.3. The number of amides is 3. The van der Waals surface area contributed by atoms with Crippen LogP contribution < -0.4 is 30.7 Å². The van der Waals surface area contributed by atoms with Crippen molar-refractivity contribution in [2.45, 2.75) is 32.4 Å². The Hall–Kier alpha value is -6.51. The second-order valence-electron chi connectivity index (χ2n) is 14.3. The van der Waals surface area contributed by atoms with E-state index >= 15 is 0 Å². The lowest BCUT2D eigenvalue weighted by molar-refractivity contribution is 0.0346. The van der Waals surface area contributed by atoms with Crippen molar-refractivity contribution in [3.05, 3.63) is 121 Å². The molecule has 4 aromatic carbocycles. The number of rotatable bonds is 12. The number of nitrogens with one attached hydrogen (secondary N) is 4. The largest absolute Gasteiger partial charge is 0.497 e. The van der Waals surface area contributed by atoms with Crippen molar-refractivity contribution < 1.29 is 23.8 Å². The van der Waals surface area contributed by atoms with Gasteiger partial charge in [-0.1, -0.05) is 63.2 Å². The van der Waals surface area contributed by atoms with E-state index in [-0.39, 0.29) is 17.3 Å². The molecule has 0 bridgehead atoms. The maximum absolute atomic E-state index is 13.6. The number of methoxy groups -OCH3 is 1. The Balaban J connectivity index is 1.08. The summed E-state index contributed by atoms with van der Waals surface area (Å²) in [5.74, 6) is 2.14. The first-order chi connectivity index (χ1) is 27.1. The van der Waals surface area contributed by atoms with Gasteiger partial charge in [-0.15, -0.1) is 0 Å². The minimum atomic E-state index is -0.497. The third kappa shape index (κ3) is 9.22. The Morgan fingerprint density at radius 1 is 0.875 bits per heavy atom. The van der Waals surface area contributed by atoms with Gasteiger partial charge in [-0.2, -0.15) is 10.1 Å². The summed E-state index contributed by atoms with van der Waals surface area (Å²) >= 11 is 0. The molecular formula is C42H45N9O5. The van der Waals surface area contributed by atoms with Gasteiger partial charge >= 0.3 is 6.03 Å². The highest BCUT2D eigenvalue weighted by atomic mass is 16.5. The summed E-state index contributed by atoms with van der Waals surface area (Å²) in [5.41, 5.74) is 2.48. The van der Waals surface area contributed by atoms with Gasteiger partial charge in [0.2, 0.25) is 11.8 Å². The number of urea groups is 1. The van der Waals surface area contributed by atoms with E-state index in [1.165, 1.54) is 0 Å². The number of ether oxygens (including phenoxy) is 3. The standard InChI is InChI=1S/C42H45N9O5/c1-42(2,3)35-26-37(51(49-35)29-14-16-30(54-4)17-15-29)47-41(53)44-33-18-19-34(32-13-9-8-12-31(32)33)56-38-20-21-43-40(48-38)46-36(27-50-22-24-55-25-23-50)45-39(52)28-10-6-5-7-11-28/h5-21,26,36H,22-25,27H2,1-4H3,(H,45,52)(H,43,46,48)(H2,44,47,53). The van der Waals surface area contributed by atoms with Crippen molar-refractivity contribution in [3.63, 3.8) is 0 Å². The lowest BCUT2D eigenvalue weighted by Gasteiger charge is -2.31. The normalized spacial score (nSPS) is 13.8. The molecule has 14 heteroatoms. The molecule has 1 saturated heterocycles.